The monoisotopic (exact) mass is 373 g/mol. The number of thiophene rings is 1. The second kappa shape index (κ2) is 7.75. The summed E-state index contributed by atoms with van der Waals surface area (Å²) in [5.74, 6) is 0.0823. The highest BCUT2D eigenvalue weighted by atomic mass is 35.5. The predicted molar refractivity (Wildman–Crippen MR) is 85.5 cm³/mol. The van der Waals surface area contributed by atoms with Crippen LogP contribution in [-0.2, 0) is 14.8 Å². The first-order valence-electron chi connectivity index (χ1n) is 6.15. The fraction of sp³-hybridized carbons (Fsp3) is 0.545. The topological polar surface area (TPSA) is 92.5 Å². The van der Waals surface area contributed by atoms with Crippen LogP contribution in [0.3, 0.4) is 0 Å². The van der Waals surface area contributed by atoms with Crippen LogP contribution in [-0.4, -0.2) is 45.4 Å². The Kier molecular flexibility index (Phi) is 6.89. The zero-order valence-electron chi connectivity index (χ0n) is 11.1. The normalized spacial score (nSPS) is 18.6. The Labute approximate surface area is 139 Å². The van der Waals surface area contributed by atoms with Gasteiger partial charge in [-0.15, -0.1) is 23.7 Å². The smallest absolute Gasteiger partial charge is 0.250 e. The van der Waals surface area contributed by atoms with Crippen molar-refractivity contribution in [3.8, 4) is 0 Å². The number of amides is 1. The van der Waals surface area contributed by atoms with E-state index in [-0.39, 0.29) is 29.1 Å². The second-order valence-electron chi connectivity index (χ2n) is 4.61. The van der Waals surface area contributed by atoms with Crippen LogP contribution in [0.25, 0.3) is 0 Å². The van der Waals surface area contributed by atoms with Crippen LogP contribution in [0.4, 0.5) is 0 Å². The quantitative estimate of drug-likeness (QED) is 0.801. The van der Waals surface area contributed by atoms with E-state index in [0.717, 1.165) is 17.8 Å². The van der Waals surface area contributed by atoms with Crippen LogP contribution in [0.5, 0.6) is 0 Å². The van der Waals surface area contributed by atoms with Crippen molar-refractivity contribution in [2.45, 2.75) is 10.6 Å². The summed E-state index contributed by atoms with van der Waals surface area (Å²) in [6, 6.07) is 2.93. The highest BCUT2D eigenvalue weighted by molar-refractivity contribution is 7.91. The molecule has 0 bridgehead atoms. The molecule has 120 valence electrons. The van der Waals surface area contributed by atoms with E-state index in [2.05, 4.69) is 4.72 Å². The number of likely N-dealkylation sites (tertiary alicyclic amines) is 1. The van der Waals surface area contributed by atoms with Crippen molar-refractivity contribution < 1.29 is 13.2 Å². The Balaban J connectivity index is 0.00000220. The lowest BCUT2D eigenvalue weighted by Gasteiger charge is -2.16. The minimum Gasteiger partial charge on any atom is -0.341 e. The molecule has 3 N–H and O–H groups in total. The van der Waals surface area contributed by atoms with Crippen LogP contribution in [0, 0.1) is 5.92 Å². The van der Waals surface area contributed by atoms with Crippen molar-refractivity contribution in [2.75, 3.05) is 26.2 Å². The highest BCUT2D eigenvalue weighted by Gasteiger charge is 2.26. The summed E-state index contributed by atoms with van der Waals surface area (Å²) >= 11 is 6.66. The van der Waals surface area contributed by atoms with Gasteiger partial charge in [0, 0.05) is 13.1 Å². The Morgan fingerprint density at radius 2 is 2.24 bits per heavy atom. The van der Waals surface area contributed by atoms with E-state index >= 15 is 0 Å². The number of nitrogens with two attached hydrogens (primary N) is 1. The summed E-state index contributed by atoms with van der Waals surface area (Å²) in [4.78, 5) is 13.6. The number of nitrogens with zero attached hydrogens (tertiary/aromatic N) is 1. The number of hydrogen-bond acceptors (Lipinski definition) is 5. The van der Waals surface area contributed by atoms with Gasteiger partial charge in [-0.05, 0) is 31.0 Å². The SMILES string of the molecule is Cl.NCC1CCN(C(=O)CNS(=O)(=O)c2ccc(Cl)s2)C1. The van der Waals surface area contributed by atoms with Gasteiger partial charge < -0.3 is 10.6 Å². The molecule has 1 saturated heterocycles. The summed E-state index contributed by atoms with van der Waals surface area (Å²) in [5.41, 5.74) is 5.56. The maximum Gasteiger partial charge on any atom is 0.250 e. The summed E-state index contributed by atoms with van der Waals surface area (Å²) in [6.07, 6.45) is 0.871. The van der Waals surface area contributed by atoms with Gasteiger partial charge in [-0.1, -0.05) is 11.6 Å². The Hall–Kier alpha value is -0.380. The van der Waals surface area contributed by atoms with Crippen molar-refractivity contribution >= 4 is 51.3 Å². The zero-order chi connectivity index (χ0) is 14.8. The van der Waals surface area contributed by atoms with Crippen LogP contribution in [0.1, 0.15) is 6.42 Å². The van der Waals surface area contributed by atoms with E-state index in [0.29, 0.717) is 29.9 Å². The number of rotatable bonds is 5. The van der Waals surface area contributed by atoms with E-state index < -0.39 is 10.0 Å². The molecular weight excluding hydrogens is 357 g/mol. The molecule has 1 atom stereocenters. The van der Waals surface area contributed by atoms with E-state index in [1.54, 1.807) is 4.90 Å². The van der Waals surface area contributed by atoms with Crippen molar-refractivity contribution in [1.29, 1.82) is 0 Å². The molecule has 0 aliphatic carbocycles. The van der Waals surface area contributed by atoms with Gasteiger partial charge in [-0.25, -0.2) is 13.1 Å². The molecular formula is C11H17Cl2N3O3S2. The van der Waals surface area contributed by atoms with Crippen LogP contribution >= 0.6 is 35.3 Å². The lowest BCUT2D eigenvalue weighted by Crippen LogP contribution is -2.39. The summed E-state index contributed by atoms with van der Waals surface area (Å²) in [6.45, 7) is 1.54. The lowest BCUT2D eigenvalue weighted by molar-refractivity contribution is -0.129. The van der Waals surface area contributed by atoms with E-state index in [1.165, 1.54) is 12.1 Å². The van der Waals surface area contributed by atoms with Crippen LogP contribution in [0.2, 0.25) is 4.34 Å². The van der Waals surface area contributed by atoms with Gasteiger partial charge in [0.05, 0.1) is 10.9 Å². The van der Waals surface area contributed by atoms with Gasteiger partial charge in [-0.3, -0.25) is 4.79 Å². The fourth-order valence-corrected chi connectivity index (χ4v) is 4.54. The van der Waals surface area contributed by atoms with Gasteiger partial charge in [0.25, 0.3) is 10.0 Å². The summed E-state index contributed by atoms with van der Waals surface area (Å²) < 4.78 is 26.7. The first-order chi connectivity index (χ1) is 9.42. The van der Waals surface area contributed by atoms with E-state index in [1.807, 2.05) is 0 Å². The Morgan fingerprint density at radius 1 is 1.52 bits per heavy atom. The molecule has 0 spiro atoms. The summed E-state index contributed by atoms with van der Waals surface area (Å²) in [5, 5.41) is 0. The molecule has 0 aromatic carbocycles. The largest absolute Gasteiger partial charge is 0.341 e. The Bertz CT molecular complexity index is 591. The molecule has 10 heteroatoms. The predicted octanol–water partition coefficient (Wildman–Crippen LogP) is 0.909. The number of nitrogens with one attached hydrogen (secondary N) is 1. The van der Waals surface area contributed by atoms with Gasteiger partial charge in [0.15, 0.2) is 0 Å². The molecule has 1 aliphatic rings. The van der Waals surface area contributed by atoms with Crippen LogP contribution < -0.4 is 10.5 Å². The van der Waals surface area contributed by atoms with E-state index in [9.17, 15) is 13.2 Å². The highest BCUT2D eigenvalue weighted by Crippen LogP contribution is 2.25. The molecule has 1 aromatic rings. The molecule has 1 amide bonds. The minimum atomic E-state index is -3.67. The molecule has 2 heterocycles. The van der Waals surface area contributed by atoms with E-state index in [4.69, 9.17) is 17.3 Å². The molecule has 0 saturated carbocycles. The first kappa shape index (κ1) is 18.7. The van der Waals surface area contributed by atoms with Gasteiger partial charge in [-0.2, -0.15) is 0 Å². The second-order valence-corrected chi connectivity index (χ2v) is 8.32. The lowest BCUT2D eigenvalue weighted by atomic mass is 10.1. The molecule has 1 aromatic heterocycles. The van der Waals surface area contributed by atoms with Crippen LogP contribution in [0.15, 0.2) is 16.3 Å². The average molecular weight is 374 g/mol. The maximum absolute atomic E-state index is 11.9. The summed E-state index contributed by atoms with van der Waals surface area (Å²) in [7, 11) is -3.67. The molecule has 2 rings (SSSR count). The standard InChI is InChI=1S/C11H16ClN3O3S2.ClH/c12-9-1-2-11(19-9)20(17,18)14-6-10(16)15-4-3-8(5-13)7-15;/h1-2,8,14H,3-7,13H2;1H. The van der Waals surface area contributed by atoms with Crippen molar-refractivity contribution in [3.05, 3.63) is 16.5 Å². The van der Waals surface area contributed by atoms with Crippen molar-refractivity contribution in [2.24, 2.45) is 11.7 Å². The minimum absolute atomic E-state index is 0. The molecule has 1 unspecified atom stereocenters. The molecule has 1 fully saturated rings. The first-order valence-corrected chi connectivity index (χ1v) is 8.83. The molecule has 6 nitrogen and oxygen atoms in total. The third kappa shape index (κ3) is 4.80. The number of hydrogen-bond donors (Lipinski definition) is 2. The third-order valence-electron chi connectivity index (χ3n) is 3.20. The maximum atomic E-state index is 11.9. The van der Waals surface area contributed by atoms with Gasteiger partial charge >= 0.3 is 0 Å². The number of carbonyl (C=O) groups is 1. The van der Waals surface area contributed by atoms with Crippen molar-refractivity contribution in [3.63, 3.8) is 0 Å². The molecule has 1 aliphatic heterocycles. The Morgan fingerprint density at radius 3 is 2.76 bits per heavy atom. The van der Waals surface area contributed by atoms with Gasteiger partial charge in [0.2, 0.25) is 5.91 Å². The molecule has 0 radical (unpaired) electrons. The molecule has 21 heavy (non-hydrogen) atoms. The third-order valence-corrected chi connectivity index (χ3v) is 6.32. The number of halogens is 2. The number of sulfonamides is 1. The average Bonchev–Trinajstić information content (AvgIpc) is 3.04. The van der Waals surface area contributed by atoms with Gasteiger partial charge in [0.1, 0.15) is 4.21 Å². The fourth-order valence-electron chi connectivity index (χ4n) is 2.03. The van der Waals surface area contributed by atoms with Crippen molar-refractivity contribution in [1.82, 2.24) is 9.62 Å². The zero-order valence-corrected chi connectivity index (χ0v) is 14.3. The number of carbonyl (C=O) groups excluding carboxylic acids is 1.